The Labute approximate surface area is 210 Å². The molecular formula is C27H29ClN2O5. The minimum atomic E-state index is -0.395. The number of hydrazone groups is 1. The maximum atomic E-state index is 12.6. The molecule has 1 amide bonds. The molecule has 8 heteroatoms. The van der Waals surface area contributed by atoms with E-state index in [0.29, 0.717) is 59.0 Å². The van der Waals surface area contributed by atoms with E-state index < -0.39 is 5.91 Å². The van der Waals surface area contributed by atoms with Gasteiger partial charge in [-0.05, 0) is 54.8 Å². The molecule has 3 aromatic carbocycles. The van der Waals surface area contributed by atoms with Crippen LogP contribution in [-0.2, 0) is 6.61 Å². The molecule has 0 fully saturated rings. The van der Waals surface area contributed by atoms with Crippen LogP contribution < -0.4 is 24.4 Å². The third-order valence-corrected chi connectivity index (χ3v) is 5.11. The molecule has 0 aromatic heterocycles. The summed E-state index contributed by atoms with van der Waals surface area (Å²) in [4.78, 5) is 12.6. The summed E-state index contributed by atoms with van der Waals surface area (Å²) >= 11 is 6.38. The number of methoxy groups -OCH3 is 1. The van der Waals surface area contributed by atoms with Crippen LogP contribution in [0.4, 0.5) is 0 Å². The Kier molecular flexibility index (Phi) is 9.80. The average Bonchev–Trinajstić information content (AvgIpc) is 2.87. The van der Waals surface area contributed by atoms with Gasteiger partial charge in [0.15, 0.2) is 23.0 Å². The fourth-order valence-corrected chi connectivity index (χ4v) is 3.44. The summed E-state index contributed by atoms with van der Waals surface area (Å²) in [7, 11) is 1.53. The Hall–Kier alpha value is -3.71. The molecule has 1 N–H and O–H groups in total. The van der Waals surface area contributed by atoms with Gasteiger partial charge in [0, 0.05) is 5.56 Å². The summed E-state index contributed by atoms with van der Waals surface area (Å²) in [6, 6.07) is 18.2. The summed E-state index contributed by atoms with van der Waals surface area (Å²) in [5.74, 6) is 1.62. The lowest BCUT2D eigenvalue weighted by molar-refractivity contribution is 0.0954. The summed E-state index contributed by atoms with van der Waals surface area (Å²) in [5, 5.41) is 4.46. The zero-order chi connectivity index (χ0) is 25.0. The van der Waals surface area contributed by atoms with Crippen molar-refractivity contribution in [2.75, 3.05) is 20.3 Å². The highest BCUT2D eigenvalue weighted by molar-refractivity contribution is 6.32. The number of amides is 1. The summed E-state index contributed by atoms with van der Waals surface area (Å²) in [5.41, 5.74) is 4.58. The van der Waals surface area contributed by atoms with Crippen molar-refractivity contribution in [2.24, 2.45) is 5.10 Å². The summed E-state index contributed by atoms with van der Waals surface area (Å²) in [6.45, 7) is 5.27. The number of rotatable bonds is 12. The van der Waals surface area contributed by atoms with E-state index in [0.717, 1.165) is 12.0 Å². The highest BCUT2D eigenvalue weighted by Crippen LogP contribution is 2.36. The number of ether oxygens (including phenoxy) is 4. The molecule has 0 radical (unpaired) electrons. The molecule has 0 spiro atoms. The predicted octanol–water partition coefficient (Wildman–Crippen LogP) is 5.88. The second kappa shape index (κ2) is 13.2. The van der Waals surface area contributed by atoms with E-state index in [1.165, 1.54) is 13.3 Å². The Bertz CT molecular complexity index is 1150. The molecule has 0 heterocycles. The number of hydrogen-bond acceptors (Lipinski definition) is 6. The Morgan fingerprint density at radius 2 is 1.77 bits per heavy atom. The van der Waals surface area contributed by atoms with E-state index in [2.05, 4.69) is 10.5 Å². The van der Waals surface area contributed by atoms with Gasteiger partial charge in [-0.1, -0.05) is 48.9 Å². The molecule has 0 aliphatic carbocycles. The number of halogens is 1. The molecule has 184 valence electrons. The van der Waals surface area contributed by atoms with Gasteiger partial charge < -0.3 is 18.9 Å². The van der Waals surface area contributed by atoms with Gasteiger partial charge in [-0.3, -0.25) is 4.79 Å². The van der Waals surface area contributed by atoms with Crippen molar-refractivity contribution < 1.29 is 23.7 Å². The minimum Gasteiger partial charge on any atom is -0.493 e. The number of carbonyl (C=O) groups is 1. The molecule has 0 bridgehead atoms. The average molecular weight is 497 g/mol. The maximum Gasteiger partial charge on any atom is 0.271 e. The number of benzene rings is 3. The quantitative estimate of drug-likeness (QED) is 0.250. The molecule has 0 unspecified atom stereocenters. The Morgan fingerprint density at radius 3 is 2.49 bits per heavy atom. The normalized spacial score (nSPS) is 10.7. The molecular weight excluding hydrogens is 468 g/mol. The van der Waals surface area contributed by atoms with Crippen molar-refractivity contribution in [3.8, 4) is 23.0 Å². The first kappa shape index (κ1) is 25.9. The molecule has 3 aromatic rings. The van der Waals surface area contributed by atoms with E-state index in [1.807, 2.05) is 44.2 Å². The zero-order valence-electron chi connectivity index (χ0n) is 20.0. The monoisotopic (exact) mass is 496 g/mol. The highest BCUT2D eigenvalue weighted by atomic mass is 35.5. The second-order valence-corrected chi connectivity index (χ2v) is 7.86. The third-order valence-electron chi connectivity index (χ3n) is 4.82. The van der Waals surface area contributed by atoms with Crippen LogP contribution in [0.5, 0.6) is 23.0 Å². The second-order valence-electron chi connectivity index (χ2n) is 7.45. The number of hydrogen-bond donors (Lipinski definition) is 1. The van der Waals surface area contributed by atoms with Crippen molar-refractivity contribution >= 4 is 23.7 Å². The van der Waals surface area contributed by atoms with Crippen molar-refractivity contribution in [2.45, 2.75) is 26.9 Å². The lowest BCUT2D eigenvalue weighted by Gasteiger charge is -2.14. The first-order valence-corrected chi connectivity index (χ1v) is 11.7. The third kappa shape index (κ3) is 7.39. The lowest BCUT2D eigenvalue weighted by Crippen LogP contribution is -2.17. The molecule has 0 saturated heterocycles. The van der Waals surface area contributed by atoms with Crippen LogP contribution >= 0.6 is 11.6 Å². The molecule has 0 saturated carbocycles. The molecule has 0 atom stereocenters. The fourth-order valence-electron chi connectivity index (χ4n) is 3.16. The van der Waals surface area contributed by atoms with Crippen LogP contribution in [0, 0.1) is 0 Å². The van der Waals surface area contributed by atoms with E-state index in [-0.39, 0.29) is 0 Å². The van der Waals surface area contributed by atoms with Gasteiger partial charge in [0.25, 0.3) is 5.91 Å². The van der Waals surface area contributed by atoms with Crippen molar-refractivity contribution in [3.63, 3.8) is 0 Å². The summed E-state index contributed by atoms with van der Waals surface area (Å²) < 4.78 is 22.6. The first-order chi connectivity index (χ1) is 17.0. The van der Waals surface area contributed by atoms with Crippen molar-refractivity contribution in [3.05, 3.63) is 82.4 Å². The first-order valence-electron chi connectivity index (χ1n) is 11.3. The van der Waals surface area contributed by atoms with Gasteiger partial charge >= 0.3 is 0 Å². The predicted molar refractivity (Wildman–Crippen MR) is 137 cm³/mol. The van der Waals surface area contributed by atoms with E-state index in [4.69, 9.17) is 30.5 Å². The largest absolute Gasteiger partial charge is 0.493 e. The Balaban J connectivity index is 1.66. The number of carbonyl (C=O) groups excluding carboxylic acids is 1. The van der Waals surface area contributed by atoms with Gasteiger partial charge in [-0.2, -0.15) is 5.10 Å². The van der Waals surface area contributed by atoms with Crippen LogP contribution in [-0.4, -0.2) is 32.4 Å². The van der Waals surface area contributed by atoms with Crippen LogP contribution in [0.1, 0.15) is 41.8 Å². The molecule has 35 heavy (non-hydrogen) atoms. The van der Waals surface area contributed by atoms with Crippen LogP contribution in [0.25, 0.3) is 0 Å². The number of nitrogens with zero attached hydrogens (tertiary/aromatic N) is 1. The van der Waals surface area contributed by atoms with Gasteiger partial charge in [0.05, 0.1) is 31.6 Å². The summed E-state index contributed by atoms with van der Waals surface area (Å²) in [6.07, 6.45) is 2.34. The van der Waals surface area contributed by atoms with Crippen molar-refractivity contribution in [1.29, 1.82) is 0 Å². The number of nitrogens with one attached hydrogen (secondary N) is 1. The van der Waals surface area contributed by atoms with E-state index in [9.17, 15) is 4.79 Å². The molecule has 0 aliphatic rings. The van der Waals surface area contributed by atoms with Crippen LogP contribution in [0.15, 0.2) is 65.8 Å². The zero-order valence-corrected chi connectivity index (χ0v) is 20.8. The molecule has 7 nitrogen and oxygen atoms in total. The van der Waals surface area contributed by atoms with Gasteiger partial charge in [0.1, 0.15) is 6.61 Å². The smallest absolute Gasteiger partial charge is 0.271 e. The fraction of sp³-hybridized carbons (Fsp3) is 0.259. The maximum absolute atomic E-state index is 12.6. The van der Waals surface area contributed by atoms with E-state index in [1.54, 1.807) is 30.3 Å². The minimum absolute atomic E-state index is 0.377. The lowest BCUT2D eigenvalue weighted by atomic mass is 10.2. The topological polar surface area (TPSA) is 78.4 Å². The SMILES string of the molecule is CCCOc1c(Cl)cc(/C=N/NC(=O)c2ccc(OCc3ccccc3)c(OC)c2)cc1OCC. The van der Waals surface area contributed by atoms with E-state index >= 15 is 0 Å². The highest BCUT2D eigenvalue weighted by Gasteiger charge is 2.13. The molecule has 0 aliphatic heterocycles. The van der Waals surface area contributed by atoms with Crippen molar-refractivity contribution in [1.82, 2.24) is 5.43 Å². The van der Waals surface area contributed by atoms with Gasteiger partial charge in [-0.25, -0.2) is 5.43 Å². The van der Waals surface area contributed by atoms with Gasteiger partial charge in [0.2, 0.25) is 0 Å². The van der Waals surface area contributed by atoms with Crippen LogP contribution in [0.2, 0.25) is 5.02 Å². The molecule has 3 rings (SSSR count). The standard InChI is InChI=1S/C27H29ClN2O5/c1-4-13-34-26-22(28)14-20(15-25(26)33-5-2)17-29-30-27(31)21-11-12-23(24(16-21)32-3)35-18-19-9-7-6-8-10-19/h6-12,14-17H,4-5,13,18H2,1-3H3,(H,30,31)/b29-17+. The van der Waals surface area contributed by atoms with Crippen LogP contribution in [0.3, 0.4) is 0 Å². The van der Waals surface area contributed by atoms with Gasteiger partial charge in [-0.15, -0.1) is 0 Å². The Morgan fingerprint density at radius 1 is 0.971 bits per heavy atom.